The number of alkyl halides is 3. The van der Waals surface area contributed by atoms with Crippen LogP contribution in [0.4, 0.5) is 13.2 Å². The van der Waals surface area contributed by atoms with Gasteiger partial charge in [-0.15, -0.1) is 0 Å². The van der Waals surface area contributed by atoms with Crippen LogP contribution in [-0.2, 0) is 12.7 Å². The van der Waals surface area contributed by atoms with Gasteiger partial charge in [0.25, 0.3) is 0 Å². The van der Waals surface area contributed by atoms with E-state index >= 15 is 0 Å². The Labute approximate surface area is 122 Å². The van der Waals surface area contributed by atoms with Gasteiger partial charge in [0.15, 0.2) is 0 Å². The van der Waals surface area contributed by atoms with Gasteiger partial charge in [0, 0.05) is 5.56 Å². The zero-order valence-corrected chi connectivity index (χ0v) is 11.4. The number of halogens is 3. The molecule has 2 heterocycles. The summed E-state index contributed by atoms with van der Waals surface area (Å²) in [6.45, 7) is 2.35. The van der Waals surface area contributed by atoms with Gasteiger partial charge >= 0.3 is 12.1 Å². The molecule has 2 aromatic heterocycles. The molecule has 0 N–H and O–H groups in total. The molecular weight excluding hydrogens is 299 g/mol. The van der Waals surface area contributed by atoms with Gasteiger partial charge in [0.2, 0.25) is 5.82 Å². The van der Waals surface area contributed by atoms with Crippen molar-refractivity contribution in [2.24, 2.45) is 0 Å². The topological polar surface area (TPSA) is 69.6 Å². The van der Waals surface area contributed by atoms with Gasteiger partial charge in [-0.3, -0.25) is 0 Å². The maximum atomic E-state index is 12.4. The normalized spacial score (nSPS) is 11.8. The molecule has 0 unspecified atom stereocenters. The van der Waals surface area contributed by atoms with E-state index in [-0.39, 0.29) is 5.82 Å². The molecule has 0 saturated carbocycles. The molecule has 0 saturated heterocycles. The fourth-order valence-corrected chi connectivity index (χ4v) is 1.87. The summed E-state index contributed by atoms with van der Waals surface area (Å²) in [5, 5.41) is 7.40. The summed E-state index contributed by atoms with van der Waals surface area (Å²) < 4.78 is 43.2. The number of benzene rings is 1. The first-order valence-electron chi connectivity index (χ1n) is 6.28. The van der Waals surface area contributed by atoms with Crippen LogP contribution in [0.2, 0.25) is 0 Å². The molecule has 0 atom stereocenters. The highest BCUT2D eigenvalue weighted by molar-refractivity contribution is 5.54. The largest absolute Gasteiger partial charge is 0.471 e. The van der Waals surface area contributed by atoms with Crippen LogP contribution in [0.25, 0.3) is 11.4 Å². The standard InChI is InChI=1S/C13H10F3N5O/c1-8-17-7-18-21(8)6-9-2-4-10(5-3-9)11-19-12(22-20-11)13(14,15)16/h2-5,7H,6H2,1H3. The van der Waals surface area contributed by atoms with Crippen molar-refractivity contribution in [1.82, 2.24) is 24.9 Å². The van der Waals surface area contributed by atoms with E-state index in [4.69, 9.17) is 0 Å². The highest BCUT2D eigenvalue weighted by Gasteiger charge is 2.38. The van der Waals surface area contributed by atoms with E-state index in [0.717, 1.165) is 11.4 Å². The van der Waals surface area contributed by atoms with Crippen LogP contribution in [-0.4, -0.2) is 24.9 Å². The average Bonchev–Trinajstić information content (AvgIpc) is 3.09. The summed E-state index contributed by atoms with van der Waals surface area (Å²) in [5.74, 6) is -0.683. The van der Waals surface area contributed by atoms with Gasteiger partial charge in [0.1, 0.15) is 12.2 Å². The zero-order chi connectivity index (χ0) is 15.7. The molecule has 1 aromatic carbocycles. The lowest BCUT2D eigenvalue weighted by Gasteiger charge is -2.04. The SMILES string of the molecule is Cc1ncnn1Cc1ccc(-c2noc(C(F)(F)F)n2)cc1. The quantitative estimate of drug-likeness (QED) is 0.744. The van der Waals surface area contributed by atoms with Gasteiger partial charge in [-0.05, 0) is 12.5 Å². The molecule has 9 heteroatoms. The Hall–Kier alpha value is -2.71. The van der Waals surface area contributed by atoms with E-state index in [2.05, 4.69) is 24.7 Å². The second-order valence-corrected chi connectivity index (χ2v) is 4.58. The minimum absolute atomic E-state index is 0.101. The van der Waals surface area contributed by atoms with Crippen LogP contribution in [0.15, 0.2) is 35.1 Å². The number of hydrogen-bond donors (Lipinski definition) is 0. The van der Waals surface area contributed by atoms with Crippen LogP contribution < -0.4 is 0 Å². The highest BCUT2D eigenvalue weighted by Crippen LogP contribution is 2.29. The minimum atomic E-state index is -4.64. The van der Waals surface area contributed by atoms with Gasteiger partial charge in [-0.1, -0.05) is 29.4 Å². The summed E-state index contributed by atoms with van der Waals surface area (Å²) in [7, 11) is 0. The van der Waals surface area contributed by atoms with Crippen LogP contribution in [0.1, 0.15) is 17.3 Å². The molecule has 0 amide bonds. The lowest BCUT2D eigenvalue weighted by Crippen LogP contribution is -2.05. The lowest BCUT2D eigenvalue weighted by atomic mass is 10.1. The smallest absolute Gasteiger partial charge is 0.329 e. The number of aromatic nitrogens is 5. The molecule has 0 bridgehead atoms. The molecular formula is C13H10F3N5O. The Morgan fingerprint density at radius 1 is 1.18 bits per heavy atom. The summed E-state index contributed by atoms with van der Waals surface area (Å²) in [4.78, 5) is 7.36. The van der Waals surface area contributed by atoms with Crippen molar-refractivity contribution in [2.45, 2.75) is 19.6 Å². The first-order chi connectivity index (χ1) is 10.4. The van der Waals surface area contributed by atoms with E-state index in [1.165, 1.54) is 6.33 Å². The summed E-state index contributed by atoms with van der Waals surface area (Å²) in [6, 6.07) is 6.79. The second-order valence-electron chi connectivity index (χ2n) is 4.58. The minimum Gasteiger partial charge on any atom is -0.329 e. The predicted molar refractivity (Wildman–Crippen MR) is 68.6 cm³/mol. The monoisotopic (exact) mass is 309 g/mol. The summed E-state index contributed by atoms with van der Waals surface area (Å²) in [5.41, 5.74) is 1.37. The van der Waals surface area contributed by atoms with E-state index < -0.39 is 12.1 Å². The molecule has 3 aromatic rings. The van der Waals surface area contributed by atoms with E-state index in [9.17, 15) is 13.2 Å². The number of aryl methyl sites for hydroxylation is 1. The van der Waals surface area contributed by atoms with Crippen LogP contribution >= 0.6 is 0 Å². The Morgan fingerprint density at radius 2 is 1.91 bits per heavy atom. The number of nitrogens with zero attached hydrogens (tertiary/aromatic N) is 5. The van der Waals surface area contributed by atoms with Gasteiger partial charge in [-0.2, -0.15) is 23.3 Å². The van der Waals surface area contributed by atoms with E-state index in [1.807, 2.05) is 6.92 Å². The molecule has 0 fully saturated rings. The second kappa shape index (κ2) is 5.24. The van der Waals surface area contributed by atoms with E-state index in [0.29, 0.717) is 12.1 Å². The highest BCUT2D eigenvalue weighted by atomic mass is 19.4. The lowest BCUT2D eigenvalue weighted by molar-refractivity contribution is -0.159. The van der Waals surface area contributed by atoms with Crippen molar-refractivity contribution < 1.29 is 17.7 Å². The predicted octanol–water partition coefficient (Wildman–Crippen LogP) is 2.70. The molecule has 0 spiro atoms. The first-order valence-corrected chi connectivity index (χ1v) is 6.28. The fourth-order valence-electron chi connectivity index (χ4n) is 1.87. The first kappa shape index (κ1) is 14.2. The van der Waals surface area contributed by atoms with Gasteiger partial charge in [-0.25, -0.2) is 9.67 Å². The Balaban J connectivity index is 1.79. The van der Waals surface area contributed by atoms with Crippen molar-refractivity contribution in [3.63, 3.8) is 0 Å². The van der Waals surface area contributed by atoms with Crippen molar-refractivity contribution in [1.29, 1.82) is 0 Å². The zero-order valence-electron chi connectivity index (χ0n) is 11.4. The Morgan fingerprint density at radius 3 is 2.45 bits per heavy atom. The molecule has 0 aliphatic heterocycles. The molecule has 3 rings (SSSR count). The maximum Gasteiger partial charge on any atom is 0.471 e. The third-order valence-corrected chi connectivity index (χ3v) is 3.02. The maximum absolute atomic E-state index is 12.4. The van der Waals surface area contributed by atoms with Crippen molar-refractivity contribution in [2.75, 3.05) is 0 Å². The summed E-state index contributed by atoms with van der Waals surface area (Å²) in [6.07, 6.45) is -3.18. The van der Waals surface area contributed by atoms with Crippen molar-refractivity contribution in [3.05, 3.63) is 47.9 Å². The van der Waals surface area contributed by atoms with E-state index in [1.54, 1.807) is 28.9 Å². The molecule has 0 aliphatic rings. The van der Waals surface area contributed by atoms with Gasteiger partial charge in [0.05, 0.1) is 6.54 Å². The molecule has 6 nitrogen and oxygen atoms in total. The number of hydrogen-bond acceptors (Lipinski definition) is 5. The third kappa shape index (κ3) is 2.83. The molecule has 0 radical (unpaired) electrons. The van der Waals surface area contributed by atoms with Crippen molar-refractivity contribution in [3.8, 4) is 11.4 Å². The summed E-state index contributed by atoms with van der Waals surface area (Å²) >= 11 is 0. The van der Waals surface area contributed by atoms with Crippen LogP contribution in [0.5, 0.6) is 0 Å². The molecule has 22 heavy (non-hydrogen) atoms. The Bertz CT molecular complexity index is 776. The van der Waals surface area contributed by atoms with Gasteiger partial charge < -0.3 is 4.52 Å². The Kier molecular flexibility index (Phi) is 3.39. The van der Waals surface area contributed by atoms with Crippen LogP contribution in [0, 0.1) is 6.92 Å². The van der Waals surface area contributed by atoms with Crippen LogP contribution in [0.3, 0.4) is 0 Å². The van der Waals surface area contributed by atoms with Crippen molar-refractivity contribution >= 4 is 0 Å². The molecule has 0 aliphatic carbocycles. The number of rotatable bonds is 3. The average molecular weight is 309 g/mol. The third-order valence-electron chi connectivity index (χ3n) is 3.02. The fraction of sp³-hybridized carbons (Fsp3) is 0.231. The molecule has 114 valence electrons.